The van der Waals surface area contributed by atoms with E-state index in [0.29, 0.717) is 18.8 Å². The van der Waals surface area contributed by atoms with Gasteiger partial charge in [0.05, 0.1) is 12.7 Å². The first-order chi connectivity index (χ1) is 14.3. The number of nitrogens with one attached hydrogen (secondary N) is 2. The number of likely N-dealkylation sites (tertiary alicyclic amines) is 1. The lowest BCUT2D eigenvalue weighted by Crippen LogP contribution is -2.48. The van der Waals surface area contributed by atoms with Gasteiger partial charge in [-0.25, -0.2) is 0 Å². The largest absolute Gasteiger partial charge is 0.381 e. The van der Waals surface area contributed by atoms with Gasteiger partial charge in [-0.15, -0.1) is 0 Å². The monoisotopic (exact) mass is 400 g/mol. The van der Waals surface area contributed by atoms with Gasteiger partial charge in [-0.05, 0) is 49.7 Å². The Kier molecular flexibility index (Phi) is 7.41. The van der Waals surface area contributed by atoms with Crippen LogP contribution in [0.15, 0.2) is 29.3 Å². The molecule has 1 aliphatic carbocycles. The highest BCUT2D eigenvalue weighted by Gasteiger charge is 2.31. The van der Waals surface area contributed by atoms with Crippen LogP contribution in [-0.4, -0.2) is 62.4 Å². The third-order valence-electron chi connectivity index (χ3n) is 6.26. The first-order valence-corrected chi connectivity index (χ1v) is 11.3. The van der Waals surface area contributed by atoms with Crippen LogP contribution in [0.2, 0.25) is 0 Å². The molecule has 3 aliphatic rings. The van der Waals surface area contributed by atoms with Crippen molar-refractivity contribution in [3.8, 4) is 0 Å². The molecule has 0 bridgehead atoms. The summed E-state index contributed by atoms with van der Waals surface area (Å²) in [6.45, 7) is 5.51. The molecule has 2 saturated heterocycles. The third kappa shape index (κ3) is 6.43. The van der Waals surface area contributed by atoms with Gasteiger partial charge in [-0.1, -0.05) is 24.3 Å². The Balaban J connectivity index is 1.20. The highest BCUT2D eigenvalue weighted by molar-refractivity contribution is 5.79. The Morgan fingerprint density at radius 1 is 1.10 bits per heavy atom. The minimum absolute atomic E-state index is 0.333. The van der Waals surface area contributed by atoms with Crippen molar-refractivity contribution in [2.24, 2.45) is 4.99 Å². The molecule has 3 fully saturated rings. The van der Waals surface area contributed by atoms with Gasteiger partial charge in [0.2, 0.25) is 0 Å². The molecule has 2 N–H and O–H groups in total. The van der Waals surface area contributed by atoms with Crippen LogP contribution in [0.25, 0.3) is 0 Å². The molecule has 29 heavy (non-hydrogen) atoms. The number of nitrogens with zero attached hydrogens (tertiary/aromatic N) is 2. The zero-order chi connectivity index (χ0) is 19.9. The second-order valence-corrected chi connectivity index (χ2v) is 8.55. The molecule has 6 nitrogen and oxygen atoms in total. The highest BCUT2D eigenvalue weighted by Crippen LogP contribution is 2.29. The van der Waals surface area contributed by atoms with Gasteiger partial charge < -0.3 is 25.0 Å². The minimum atomic E-state index is 0.333. The molecule has 1 saturated carbocycles. The Morgan fingerprint density at radius 3 is 2.59 bits per heavy atom. The summed E-state index contributed by atoms with van der Waals surface area (Å²) in [5.74, 6) is 0.902. The van der Waals surface area contributed by atoms with Gasteiger partial charge in [-0.3, -0.25) is 4.99 Å². The topological polar surface area (TPSA) is 58.1 Å². The van der Waals surface area contributed by atoms with E-state index in [0.717, 1.165) is 44.6 Å². The fraction of sp³-hybridized carbons (Fsp3) is 0.696. The SMILES string of the molecule is CN=C(NCc1cccc(COC2CCOCC2)c1)NC1CCN(C2CC2)CC1. The summed E-state index contributed by atoms with van der Waals surface area (Å²) in [5, 5.41) is 7.09. The van der Waals surface area contributed by atoms with Crippen molar-refractivity contribution in [2.75, 3.05) is 33.4 Å². The van der Waals surface area contributed by atoms with E-state index < -0.39 is 0 Å². The number of ether oxygens (including phenoxy) is 2. The van der Waals surface area contributed by atoms with Crippen LogP contribution >= 0.6 is 0 Å². The molecule has 0 spiro atoms. The van der Waals surface area contributed by atoms with Crippen molar-refractivity contribution in [3.63, 3.8) is 0 Å². The van der Waals surface area contributed by atoms with Crippen LogP contribution in [0, 0.1) is 0 Å². The van der Waals surface area contributed by atoms with Crippen LogP contribution < -0.4 is 10.6 Å². The number of aliphatic imine (C=N–C) groups is 1. The first kappa shape index (κ1) is 20.6. The molecular weight excluding hydrogens is 364 g/mol. The van der Waals surface area contributed by atoms with Gasteiger partial charge in [-0.2, -0.15) is 0 Å². The summed E-state index contributed by atoms with van der Waals surface area (Å²) in [6, 6.07) is 10.1. The molecule has 0 amide bonds. The predicted molar refractivity (Wildman–Crippen MR) is 116 cm³/mol. The summed E-state index contributed by atoms with van der Waals surface area (Å²) < 4.78 is 11.5. The predicted octanol–water partition coefficient (Wildman–Crippen LogP) is 2.67. The van der Waals surface area contributed by atoms with E-state index in [-0.39, 0.29) is 0 Å². The molecule has 0 aromatic heterocycles. The molecule has 0 unspecified atom stereocenters. The lowest BCUT2D eigenvalue weighted by atomic mass is 10.1. The van der Waals surface area contributed by atoms with Crippen molar-refractivity contribution in [1.82, 2.24) is 15.5 Å². The average Bonchev–Trinajstić information content (AvgIpc) is 3.62. The molecule has 4 rings (SSSR count). The van der Waals surface area contributed by atoms with Crippen molar-refractivity contribution in [1.29, 1.82) is 0 Å². The van der Waals surface area contributed by atoms with Crippen molar-refractivity contribution in [3.05, 3.63) is 35.4 Å². The Labute approximate surface area is 175 Å². The lowest BCUT2D eigenvalue weighted by molar-refractivity contribution is -0.0390. The molecule has 1 aromatic rings. The summed E-state index contributed by atoms with van der Waals surface area (Å²) in [4.78, 5) is 7.08. The van der Waals surface area contributed by atoms with E-state index >= 15 is 0 Å². The van der Waals surface area contributed by atoms with Crippen LogP contribution in [-0.2, 0) is 22.6 Å². The van der Waals surface area contributed by atoms with Gasteiger partial charge in [0.25, 0.3) is 0 Å². The molecule has 2 aliphatic heterocycles. The first-order valence-electron chi connectivity index (χ1n) is 11.3. The van der Waals surface area contributed by atoms with E-state index in [2.05, 4.69) is 44.8 Å². The normalized spacial score (nSPS) is 22.6. The van der Waals surface area contributed by atoms with Crippen LogP contribution in [0.3, 0.4) is 0 Å². The van der Waals surface area contributed by atoms with Gasteiger partial charge >= 0.3 is 0 Å². The molecular formula is C23H36N4O2. The van der Waals surface area contributed by atoms with E-state index in [1.807, 2.05) is 7.05 Å². The standard InChI is InChI=1S/C23H36N4O2/c1-24-23(26-20-7-11-27(12-8-20)21-5-6-21)25-16-18-3-2-4-19(15-18)17-29-22-9-13-28-14-10-22/h2-4,15,20-22H,5-14,16-17H2,1H3,(H2,24,25,26). The Bertz CT molecular complexity index is 663. The van der Waals surface area contributed by atoms with E-state index in [1.165, 1.54) is 49.9 Å². The van der Waals surface area contributed by atoms with E-state index in [9.17, 15) is 0 Å². The maximum Gasteiger partial charge on any atom is 0.191 e. The van der Waals surface area contributed by atoms with Crippen molar-refractivity contribution >= 4 is 5.96 Å². The van der Waals surface area contributed by atoms with Gasteiger partial charge in [0.1, 0.15) is 0 Å². The number of piperidine rings is 1. The lowest BCUT2D eigenvalue weighted by Gasteiger charge is -2.33. The highest BCUT2D eigenvalue weighted by atomic mass is 16.5. The van der Waals surface area contributed by atoms with Crippen LogP contribution in [0.4, 0.5) is 0 Å². The van der Waals surface area contributed by atoms with E-state index in [4.69, 9.17) is 9.47 Å². The number of hydrogen-bond acceptors (Lipinski definition) is 4. The molecule has 2 heterocycles. The molecule has 0 atom stereocenters. The van der Waals surface area contributed by atoms with Crippen LogP contribution in [0.1, 0.15) is 49.7 Å². The number of rotatable bonds is 7. The molecule has 1 aromatic carbocycles. The summed E-state index contributed by atoms with van der Waals surface area (Å²) in [5.41, 5.74) is 2.48. The summed E-state index contributed by atoms with van der Waals surface area (Å²) in [7, 11) is 1.85. The second kappa shape index (κ2) is 10.4. The smallest absolute Gasteiger partial charge is 0.191 e. The number of guanidine groups is 1. The number of benzene rings is 1. The zero-order valence-electron chi connectivity index (χ0n) is 17.7. The molecule has 6 heteroatoms. The van der Waals surface area contributed by atoms with Gasteiger partial charge in [0.15, 0.2) is 5.96 Å². The summed E-state index contributed by atoms with van der Waals surface area (Å²) in [6.07, 6.45) is 7.55. The second-order valence-electron chi connectivity index (χ2n) is 8.55. The van der Waals surface area contributed by atoms with Crippen molar-refractivity contribution < 1.29 is 9.47 Å². The molecule has 160 valence electrons. The van der Waals surface area contributed by atoms with Gasteiger partial charge in [0, 0.05) is 52.0 Å². The van der Waals surface area contributed by atoms with Crippen molar-refractivity contribution in [2.45, 2.75) is 69.9 Å². The fourth-order valence-electron chi connectivity index (χ4n) is 4.31. The maximum atomic E-state index is 6.06. The fourth-order valence-corrected chi connectivity index (χ4v) is 4.31. The zero-order valence-corrected chi connectivity index (χ0v) is 17.7. The Hall–Kier alpha value is -1.63. The summed E-state index contributed by atoms with van der Waals surface area (Å²) >= 11 is 0. The third-order valence-corrected chi connectivity index (χ3v) is 6.26. The van der Waals surface area contributed by atoms with Crippen LogP contribution in [0.5, 0.6) is 0 Å². The minimum Gasteiger partial charge on any atom is -0.381 e. The average molecular weight is 401 g/mol. The quantitative estimate of drug-likeness (QED) is 0.544. The maximum absolute atomic E-state index is 6.06. The molecule has 0 radical (unpaired) electrons. The Morgan fingerprint density at radius 2 is 1.86 bits per heavy atom. The number of hydrogen-bond donors (Lipinski definition) is 2. The van der Waals surface area contributed by atoms with E-state index in [1.54, 1.807) is 0 Å².